The van der Waals surface area contributed by atoms with Crippen LogP contribution in [0.4, 0.5) is 0 Å². The van der Waals surface area contributed by atoms with E-state index in [1.165, 1.54) is 0 Å². The number of aliphatic hydroxyl groups is 3. The Morgan fingerprint density at radius 2 is 1.74 bits per heavy atom. The van der Waals surface area contributed by atoms with E-state index in [0.717, 1.165) is 51.4 Å². The van der Waals surface area contributed by atoms with Crippen LogP contribution >= 0.6 is 0 Å². The van der Waals surface area contributed by atoms with Gasteiger partial charge < -0.3 is 31.5 Å². The van der Waals surface area contributed by atoms with Gasteiger partial charge in [0.25, 0.3) is 0 Å². The molecule has 0 aliphatic heterocycles. The van der Waals surface area contributed by atoms with Gasteiger partial charge in [-0.15, -0.1) is 0 Å². The maximum atomic E-state index is 12.5. The summed E-state index contributed by atoms with van der Waals surface area (Å²) in [6.07, 6.45) is 8.06. The summed E-state index contributed by atoms with van der Waals surface area (Å²) in [7, 11) is 0. The minimum absolute atomic E-state index is 0.0181. The van der Waals surface area contributed by atoms with Gasteiger partial charge in [0.15, 0.2) is 0 Å². The van der Waals surface area contributed by atoms with E-state index in [9.17, 15) is 24.9 Å². The van der Waals surface area contributed by atoms with Crippen molar-refractivity contribution in [1.82, 2.24) is 5.32 Å². The first kappa shape index (κ1) is 29.8. The quantitative estimate of drug-likeness (QED) is 0.235. The van der Waals surface area contributed by atoms with Crippen molar-refractivity contribution in [3.8, 4) is 0 Å². The summed E-state index contributed by atoms with van der Waals surface area (Å²) >= 11 is 0. The molecule has 8 nitrogen and oxygen atoms in total. The van der Waals surface area contributed by atoms with Crippen LogP contribution in [0.5, 0.6) is 0 Å². The van der Waals surface area contributed by atoms with Gasteiger partial charge in [0.05, 0.1) is 18.3 Å². The second kappa shape index (κ2) is 11.7. The third-order valence-electron chi connectivity index (χ3n) is 11.9. The molecule has 0 saturated heterocycles. The molecule has 4 saturated carbocycles. The molecule has 4 aliphatic rings. The number of aliphatic carboxylic acids is 1. The molecule has 12 atom stereocenters. The van der Waals surface area contributed by atoms with Gasteiger partial charge in [-0.1, -0.05) is 20.8 Å². The average molecular weight is 537 g/mol. The van der Waals surface area contributed by atoms with Crippen molar-refractivity contribution in [2.45, 2.75) is 122 Å². The van der Waals surface area contributed by atoms with Crippen LogP contribution in [-0.2, 0) is 9.59 Å². The number of carbonyl (C=O) groups is 2. The number of aliphatic hydroxyl groups excluding tert-OH is 3. The number of hydrogen-bond acceptors (Lipinski definition) is 6. The molecule has 0 radical (unpaired) electrons. The first-order valence-corrected chi connectivity index (χ1v) is 15.2. The van der Waals surface area contributed by atoms with Crippen molar-refractivity contribution in [2.24, 2.45) is 52.1 Å². The second-order valence-corrected chi connectivity index (χ2v) is 13.8. The Morgan fingerprint density at radius 1 is 1.00 bits per heavy atom. The lowest BCUT2D eigenvalue weighted by Gasteiger charge is -2.63. The van der Waals surface area contributed by atoms with E-state index in [2.05, 4.69) is 26.1 Å². The van der Waals surface area contributed by atoms with Crippen molar-refractivity contribution in [1.29, 1.82) is 0 Å². The number of nitrogens with two attached hydrogens (primary N) is 1. The van der Waals surface area contributed by atoms with Crippen molar-refractivity contribution in [3.63, 3.8) is 0 Å². The van der Waals surface area contributed by atoms with Gasteiger partial charge in [-0.05, 0) is 117 Å². The van der Waals surface area contributed by atoms with E-state index in [-0.39, 0.29) is 40.8 Å². The molecule has 4 rings (SSSR count). The predicted molar refractivity (Wildman–Crippen MR) is 145 cm³/mol. The van der Waals surface area contributed by atoms with Crippen LogP contribution in [0.15, 0.2) is 0 Å². The Labute approximate surface area is 228 Å². The first-order chi connectivity index (χ1) is 17.9. The van der Waals surface area contributed by atoms with Crippen LogP contribution < -0.4 is 11.1 Å². The summed E-state index contributed by atoms with van der Waals surface area (Å²) in [5, 5.41) is 45.2. The van der Waals surface area contributed by atoms with Gasteiger partial charge in [0.1, 0.15) is 6.04 Å². The van der Waals surface area contributed by atoms with E-state index < -0.39 is 18.1 Å². The maximum absolute atomic E-state index is 12.5. The molecule has 8 heteroatoms. The molecule has 0 aromatic rings. The number of unbranched alkanes of at least 4 members (excludes halogenated alkanes) is 1. The Morgan fingerprint density at radius 3 is 2.45 bits per heavy atom. The Kier molecular flexibility index (Phi) is 9.17. The maximum Gasteiger partial charge on any atom is 0.320 e. The highest BCUT2D eigenvalue weighted by Gasteiger charge is 2.65. The van der Waals surface area contributed by atoms with Crippen LogP contribution in [0.2, 0.25) is 0 Å². The minimum atomic E-state index is -0.991. The van der Waals surface area contributed by atoms with Gasteiger partial charge in [-0.25, -0.2) is 0 Å². The summed E-state index contributed by atoms with van der Waals surface area (Å²) in [5.41, 5.74) is 5.35. The minimum Gasteiger partial charge on any atom is -0.480 e. The van der Waals surface area contributed by atoms with Gasteiger partial charge in [-0.2, -0.15) is 0 Å². The Bertz CT molecular complexity index is 855. The smallest absolute Gasteiger partial charge is 0.320 e. The monoisotopic (exact) mass is 536 g/mol. The van der Waals surface area contributed by atoms with Gasteiger partial charge in [-0.3, -0.25) is 9.59 Å². The number of amides is 1. The van der Waals surface area contributed by atoms with E-state index in [1.807, 2.05) is 0 Å². The summed E-state index contributed by atoms with van der Waals surface area (Å²) in [6.45, 7) is 7.35. The summed E-state index contributed by atoms with van der Waals surface area (Å²) in [5.74, 6) is 0.747. The fourth-order valence-corrected chi connectivity index (χ4v) is 9.62. The fourth-order valence-electron chi connectivity index (χ4n) is 9.62. The van der Waals surface area contributed by atoms with Crippen LogP contribution in [0.1, 0.15) is 97.8 Å². The number of rotatable bonds is 10. The van der Waals surface area contributed by atoms with E-state index in [1.54, 1.807) is 0 Å². The molecule has 0 heterocycles. The van der Waals surface area contributed by atoms with Crippen LogP contribution in [-0.4, -0.2) is 63.2 Å². The lowest BCUT2D eigenvalue weighted by Crippen LogP contribution is -2.62. The first-order valence-electron chi connectivity index (χ1n) is 15.2. The Hall–Kier alpha value is -1.22. The lowest BCUT2D eigenvalue weighted by molar-refractivity contribution is -0.207. The summed E-state index contributed by atoms with van der Waals surface area (Å²) < 4.78 is 0. The van der Waals surface area contributed by atoms with Crippen LogP contribution in [0.25, 0.3) is 0 Å². The molecule has 0 aromatic heterocycles. The van der Waals surface area contributed by atoms with E-state index >= 15 is 0 Å². The standard InChI is InChI=1S/C30H52N2O6/c1-17(7-10-26(36)32-13-5-4-6-23(31)28(37)38)20-8-9-21-27-22(16-25(35)30(20,21)3)29(2)12-11-19(33)14-18(29)15-24(27)34/h17-25,27,33-35H,4-16,31H2,1-3H3,(H,32,36)(H,37,38). The third kappa shape index (κ3) is 5.52. The highest BCUT2D eigenvalue weighted by molar-refractivity contribution is 5.75. The molecule has 38 heavy (non-hydrogen) atoms. The topological polar surface area (TPSA) is 153 Å². The van der Waals surface area contributed by atoms with Crippen LogP contribution in [0, 0.1) is 46.3 Å². The summed E-state index contributed by atoms with van der Waals surface area (Å²) in [4.78, 5) is 23.3. The lowest BCUT2D eigenvalue weighted by atomic mass is 9.43. The number of carboxylic acids is 1. The Balaban J connectivity index is 1.32. The third-order valence-corrected chi connectivity index (χ3v) is 11.9. The molecular formula is C30H52N2O6. The highest BCUT2D eigenvalue weighted by Crippen LogP contribution is 2.68. The number of fused-ring (bicyclic) bond motifs is 5. The normalized spacial score (nSPS) is 43.9. The van der Waals surface area contributed by atoms with Gasteiger partial charge in [0.2, 0.25) is 5.91 Å². The van der Waals surface area contributed by atoms with E-state index in [4.69, 9.17) is 10.8 Å². The summed E-state index contributed by atoms with van der Waals surface area (Å²) in [6, 6.07) is -0.844. The molecular weight excluding hydrogens is 484 g/mol. The largest absolute Gasteiger partial charge is 0.480 e. The van der Waals surface area contributed by atoms with Gasteiger partial charge >= 0.3 is 5.97 Å². The van der Waals surface area contributed by atoms with E-state index in [0.29, 0.717) is 55.9 Å². The fraction of sp³-hybridized carbons (Fsp3) is 0.933. The molecule has 12 unspecified atom stereocenters. The zero-order chi connectivity index (χ0) is 27.8. The molecule has 0 spiro atoms. The number of hydrogen-bond donors (Lipinski definition) is 6. The predicted octanol–water partition coefficient (Wildman–Crippen LogP) is 3.06. The zero-order valence-electron chi connectivity index (χ0n) is 23.6. The van der Waals surface area contributed by atoms with Crippen molar-refractivity contribution in [3.05, 3.63) is 0 Å². The second-order valence-electron chi connectivity index (χ2n) is 13.8. The zero-order valence-corrected chi connectivity index (χ0v) is 23.6. The molecule has 0 bridgehead atoms. The highest BCUT2D eigenvalue weighted by atomic mass is 16.4. The van der Waals surface area contributed by atoms with Crippen molar-refractivity contribution in [2.75, 3.05) is 6.54 Å². The molecule has 0 aromatic carbocycles. The molecule has 218 valence electrons. The molecule has 7 N–H and O–H groups in total. The van der Waals surface area contributed by atoms with Crippen molar-refractivity contribution >= 4 is 11.9 Å². The average Bonchev–Trinajstić information content (AvgIpc) is 3.22. The number of nitrogens with one attached hydrogen (secondary N) is 1. The SMILES string of the molecule is CC(CCC(=O)NCCCCC(N)C(=O)O)C1CCC2C3C(O)CC4CC(O)CCC4(C)C3CC(O)C12C. The molecule has 4 aliphatic carbocycles. The van der Waals surface area contributed by atoms with Crippen molar-refractivity contribution < 1.29 is 30.0 Å². The number of carbonyl (C=O) groups excluding carboxylic acids is 1. The van der Waals surface area contributed by atoms with Gasteiger partial charge in [0, 0.05) is 13.0 Å². The molecule has 4 fully saturated rings. The van der Waals surface area contributed by atoms with Crippen LogP contribution in [0.3, 0.4) is 0 Å². The molecule has 1 amide bonds. The number of carboxylic acid groups (broad SMARTS) is 1.